The highest BCUT2D eigenvalue weighted by Gasteiger charge is 2.21. The molecule has 0 unspecified atom stereocenters. The second-order valence-corrected chi connectivity index (χ2v) is 5.56. The van der Waals surface area contributed by atoms with E-state index < -0.39 is 5.82 Å². The van der Waals surface area contributed by atoms with Gasteiger partial charge in [0.2, 0.25) is 5.78 Å². The third kappa shape index (κ3) is 3.49. The van der Waals surface area contributed by atoms with Crippen molar-refractivity contribution in [2.24, 2.45) is 0 Å². The molecule has 0 spiro atoms. The lowest BCUT2D eigenvalue weighted by molar-refractivity contribution is 0.102. The number of benzene rings is 1. The molecule has 0 N–H and O–H groups in total. The summed E-state index contributed by atoms with van der Waals surface area (Å²) in [4.78, 5) is 14.6. The zero-order valence-electron chi connectivity index (χ0n) is 12.2. The van der Waals surface area contributed by atoms with E-state index >= 15 is 0 Å². The summed E-state index contributed by atoms with van der Waals surface area (Å²) in [7, 11) is 3.87. The molecule has 6 heteroatoms. The van der Waals surface area contributed by atoms with Crippen molar-refractivity contribution in [3.8, 4) is 0 Å². The number of nitrogens with zero attached hydrogens (tertiary/aromatic N) is 3. The van der Waals surface area contributed by atoms with Gasteiger partial charge in [0, 0.05) is 12.1 Å². The summed E-state index contributed by atoms with van der Waals surface area (Å²) in [6.07, 6.45) is 1.44. The van der Waals surface area contributed by atoms with Crippen molar-refractivity contribution < 1.29 is 9.18 Å². The molecule has 2 aromatic rings. The van der Waals surface area contributed by atoms with E-state index in [-0.39, 0.29) is 10.8 Å². The molecule has 0 aliphatic rings. The van der Waals surface area contributed by atoms with Crippen LogP contribution in [0.5, 0.6) is 0 Å². The van der Waals surface area contributed by atoms with Gasteiger partial charge in [0.1, 0.15) is 11.5 Å². The predicted octanol–water partition coefficient (Wildman–Crippen LogP) is 2.78. The van der Waals surface area contributed by atoms with Gasteiger partial charge in [-0.2, -0.15) is 5.10 Å². The van der Waals surface area contributed by atoms with Crippen LogP contribution in [0.15, 0.2) is 24.4 Å². The lowest BCUT2D eigenvalue weighted by Gasteiger charge is -2.12. The first-order valence-electron chi connectivity index (χ1n) is 6.57. The molecule has 0 aliphatic carbocycles. The Morgan fingerprint density at radius 3 is 2.81 bits per heavy atom. The fourth-order valence-electron chi connectivity index (χ4n) is 2.02. The zero-order chi connectivity index (χ0) is 15.6. The molecule has 0 aliphatic heterocycles. The van der Waals surface area contributed by atoms with Crippen molar-refractivity contribution >= 4 is 17.4 Å². The van der Waals surface area contributed by atoms with E-state index in [0.717, 1.165) is 6.54 Å². The normalized spacial score (nSPS) is 11.1. The van der Waals surface area contributed by atoms with Crippen molar-refractivity contribution in [2.75, 3.05) is 20.6 Å². The van der Waals surface area contributed by atoms with E-state index in [1.807, 2.05) is 19.0 Å². The Morgan fingerprint density at radius 1 is 1.43 bits per heavy atom. The number of halogens is 2. The van der Waals surface area contributed by atoms with E-state index in [4.69, 9.17) is 11.6 Å². The summed E-state index contributed by atoms with van der Waals surface area (Å²) >= 11 is 6.09. The SMILES string of the molecule is Cc1ccc(F)cc1C(=O)c1c(Cl)cnn1CCN(C)C. The monoisotopic (exact) mass is 309 g/mol. The highest BCUT2D eigenvalue weighted by atomic mass is 35.5. The third-order valence-electron chi connectivity index (χ3n) is 3.21. The number of carbonyl (C=O) groups excluding carboxylic acids is 1. The average molecular weight is 310 g/mol. The van der Waals surface area contributed by atoms with Gasteiger partial charge in [-0.3, -0.25) is 9.48 Å². The Morgan fingerprint density at radius 2 is 2.14 bits per heavy atom. The van der Waals surface area contributed by atoms with E-state index in [2.05, 4.69) is 5.10 Å². The van der Waals surface area contributed by atoms with Gasteiger partial charge in [0.05, 0.1) is 17.8 Å². The second-order valence-electron chi connectivity index (χ2n) is 5.16. The van der Waals surface area contributed by atoms with E-state index in [1.54, 1.807) is 17.7 Å². The average Bonchev–Trinajstić information content (AvgIpc) is 2.79. The minimum absolute atomic E-state index is 0.280. The van der Waals surface area contributed by atoms with Crippen LogP contribution in [0.4, 0.5) is 4.39 Å². The highest BCUT2D eigenvalue weighted by molar-refractivity contribution is 6.34. The van der Waals surface area contributed by atoms with Gasteiger partial charge >= 0.3 is 0 Å². The molecule has 0 atom stereocenters. The molecule has 21 heavy (non-hydrogen) atoms. The van der Waals surface area contributed by atoms with Gasteiger partial charge in [-0.1, -0.05) is 17.7 Å². The van der Waals surface area contributed by atoms with Crippen LogP contribution < -0.4 is 0 Å². The topological polar surface area (TPSA) is 38.1 Å². The molecule has 0 bridgehead atoms. The van der Waals surface area contributed by atoms with Gasteiger partial charge in [0.25, 0.3) is 0 Å². The van der Waals surface area contributed by atoms with Crippen LogP contribution in [-0.4, -0.2) is 41.1 Å². The van der Waals surface area contributed by atoms with Crippen LogP contribution in [0.25, 0.3) is 0 Å². The Labute approximate surface area is 128 Å². The van der Waals surface area contributed by atoms with Crippen molar-refractivity contribution in [1.82, 2.24) is 14.7 Å². The molecule has 0 saturated heterocycles. The second kappa shape index (κ2) is 6.37. The first kappa shape index (κ1) is 15.7. The fourth-order valence-corrected chi connectivity index (χ4v) is 2.25. The molecule has 4 nitrogen and oxygen atoms in total. The lowest BCUT2D eigenvalue weighted by atomic mass is 10.0. The first-order valence-corrected chi connectivity index (χ1v) is 6.95. The maximum atomic E-state index is 13.4. The number of aryl methyl sites for hydroxylation is 1. The molecule has 0 amide bonds. The molecular formula is C15H17ClFN3O. The minimum atomic E-state index is -0.445. The van der Waals surface area contributed by atoms with Crippen molar-refractivity contribution in [3.63, 3.8) is 0 Å². The number of aromatic nitrogens is 2. The molecule has 0 saturated carbocycles. The summed E-state index contributed by atoms with van der Waals surface area (Å²) in [5.74, 6) is -0.757. The molecule has 0 radical (unpaired) electrons. The number of rotatable bonds is 5. The van der Waals surface area contributed by atoms with Gasteiger partial charge < -0.3 is 4.90 Å². The first-order chi connectivity index (χ1) is 9.90. The van der Waals surface area contributed by atoms with E-state index in [1.165, 1.54) is 18.3 Å². The smallest absolute Gasteiger partial charge is 0.212 e. The Hall–Kier alpha value is -1.72. The van der Waals surface area contributed by atoms with Crippen LogP contribution in [0.3, 0.4) is 0 Å². The molecule has 1 aromatic heterocycles. The number of carbonyl (C=O) groups is 1. The summed E-state index contributed by atoms with van der Waals surface area (Å²) in [6, 6.07) is 4.14. The number of likely N-dealkylation sites (N-methyl/N-ethyl adjacent to an activating group) is 1. The van der Waals surface area contributed by atoms with Crippen LogP contribution in [-0.2, 0) is 6.54 Å². The lowest BCUT2D eigenvalue weighted by Crippen LogP contribution is -2.22. The quantitative estimate of drug-likeness (QED) is 0.797. The fraction of sp³-hybridized carbons (Fsp3) is 0.333. The Bertz CT molecular complexity index is 667. The van der Waals surface area contributed by atoms with Gasteiger partial charge in [-0.25, -0.2) is 4.39 Å². The molecule has 1 heterocycles. The largest absolute Gasteiger partial charge is 0.308 e. The number of ketones is 1. The van der Waals surface area contributed by atoms with Crippen molar-refractivity contribution in [2.45, 2.75) is 13.5 Å². The standard InChI is InChI=1S/C15H17ClFN3O/c1-10-4-5-11(17)8-12(10)15(21)14-13(16)9-18-20(14)7-6-19(2)3/h4-5,8-9H,6-7H2,1-3H3. The summed E-state index contributed by atoms with van der Waals surface area (Å²) in [6.45, 7) is 3.02. The molecule has 2 rings (SSSR count). The summed E-state index contributed by atoms with van der Waals surface area (Å²) in [5.41, 5.74) is 1.31. The predicted molar refractivity (Wildman–Crippen MR) is 80.4 cm³/mol. The van der Waals surface area contributed by atoms with Gasteiger partial charge in [-0.15, -0.1) is 0 Å². The van der Waals surface area contributed by atoms with Crippen molar-refractivity contribution in [1.29, 1.82) is 0 Å². The Balaban J connectivity index is 2.39. The highest BCUT2D eigenvalue weighted by Crippen LogP contribution is 2.21. The van der Waals surface area contributed by atoms with Crippen molar-refractivity contribution in [3.05, 3.63) is 52.1 Å². The van der Waals surface area contributed by atoms with Crippen LogP contribution >= 0.6 is 11.6 Å². The summed E-state index contributed by atoms with van der Waals surface area (Å²) < 4.78 is 15.0. The zero-order valence-corrected chi connectivity index (χ0v) is 13.0. The van der Waals surface area contributed by atoms with Gasteiger partial charge in [-0.05, 0) is 38.7 Å². The molecule has 0 fully saturated rings. The maximum absolute atomic E-state index is 13.4. The molecule has 1 aromatic carbocycles. The van der Waals surface area contributed by atoms with Gasteiger partial charge in [0.15, 0.2) is 0 Å². The molecule has 112 valence electrons. The maximum Gasteiger partial charge on any atom is 0.212 e. The minimum Gasteiger partial charge on any atom is -0.308 e. The van der Waals surface area contributed by atoms with E-state index in [0.29, 0.717) is 23.4 Å². The third-order valence-corrected chi connectivity index (χ3v) is 3.49. The van der Waals surface area contributed by atoms with Crippen LogP contribution in [0.2, 0.25) is 5.02 Å². The van der Waals surface area contributed by atoms with Crippen LogP contribution in [0, 0.1) is 12.7 Å². The van der Waals surface area contributed by atoms with E-state index in [9.17, 15) is 9.18 Å². The van der Waals surface area contributed by atoms with Crippen LogP contribution in [0.1, 0.15) is 21.6 Å². The number of hydrogen-bond donors (Lipinski definition) is 0. The summed E-state index contributed by atoms with van der Waals surface area (Å²) in [5, 5.41) is 4.41. The Kier molecular flexibility index (Phi) is 4.75. The molecular weight excluding hydrogens is 293 g/mol. The number of hydrogen-bond acceptors (Lipinski definition) is 3.